The summed E-state index contributed by atoms with van der Waals surface area (Å²) in [6, 6.07) is 0. The van der Waals surface area contributed by atoms with Gasteiger partial charge in [-0.2, -0.15) is 0 Å². The zero-order chi connectivity index (χ0) is 13.3. The van der Waals surface area contributed by atoms with Gasteiger partial charge in [-0.25, -0.2) is 9.78 Å². The molecule has 1 N–H and O–H groups in total. The second-order valence-electron chi connectivity index (χ2n) is 4.10. The van der Waals surface area contributed by atoms with Crippen LogP contribution >= 0.6 is 11.3 Å². The largest absolute Gasteiger partial charge is 0.461 e. The Morgan fingerprint density at radius 1 is 1.44 bits per heavy atom. The summed E-state index contributed by atoms with van der Waals surface area (Å²) in [6.07, 6.45) is 0. The minimum absolute atomic E-state index is 0.309. The minimum Gasteiger partial charge on any atom is -0.461 e. The normalized spacial score (nSPS) is 10.7. The Balaban J connectivity index is 2.47. The van der Waals surface area contributed by atoms with Crippen LogP contribution < -0.4 is 0 Å². The van der Waals surface area contributed by atoms with E-state index in [4.69, 9.17) is 4.74 Å². The third kappa shape index (κ3) is 2.18. The van der Waals surface area contributed by atoms with E-state index in [1.54, 1.807) is 18.3 Å². The molecule has 0 bridgehead atoms. The number of H-pyrrole nitrogens is 1. The molecule has 0 radical (unpaired) electrons. The lowest BCUT2D eigenvalue weighted by Gasteiger charge is -2.00. The number of carbonyl (C=O) groups is 1. The standard InChI is InChI=1S/C13H16N2O2S/c1-5-17-13(16)12-7(2)11(8(3)14-12)10-6-18-9(4)15-10/h6,14H,5H2,1-4H3. The molecule has 0 amide bonds. The van der Waals surface area contributed by atoms with E-state index < -0.39 is 0 Å². The summed E-state index contributed by atoms with van der Waals surface area (Å²) in [6.45, 7) is 8.01. The number of hydrogen-bond donors (Lipinski definition) is 1. The van der Waals surface area contributed by atoms with Gasteiger partial charge in [-0.15, -0.1) is 11.3 Å². The molecule has 0 saturated carbocycles. The molecule has 0 atom stereocenters. The molecule has 0 aromatic carbocycles. The van der Waals surface area contributed by atoms with Gasteiger partial charge in [-0.1, -0.05) is 0 Å². The SMILES string of the molecule is CCOC(=O)c1[nH]c(C)c(-c2csc(C)n2)c1C. The lowest BCUT2D eigenvalue weighted by molar-refractivity contribution is 0.0519. The molecule has 0 aliphatic carbocycles. The number of nitrogens with one attached hydrogen (secondary N) is 1. The molecule has 0 fully saturated rings. The molecular weight excluding hydrogens is 248 g/mol. The summed E-state index contributed by atoms with van der Waals surface area (Å²) in [5.41, 5.74) is 4.29. The van der Waals surface area contributed by atoms with Gasteiger partial charge in [-0.3, -0.25) is 0 Å². The maximum Gasteiger partial charge on any atom is 0.355 e. The predicted octanol–water partition coefficient (Wildman–Crippen LogP) is 3.24. The molecule has 0 aliphatic rings. The fourth-order valence-corrected chi connectivity index (χ4v) is 2.62. The first-order valence-electron chi connectivity index (χ1n) is 5.83. The highest BCUT2D eigenvalue weighted by Gasteiger charge is 2.20. The average Bonchev–Trinajstić information content (AvgIpc) is 2.83. The fraction of sp³-hybridized carbons (Fsp3) is 0.385. The van der Waals surface area contributed by atoms with Gasteiger partial charge >= 0.3 is 5.97 Å². The van der Waals surface area contributed by atoms with E-state index in [1.165, 1.54) is 0 Å². The summed E-state index contributed by atoms with van der Waals surface area (Å²) in [4.78, 5) is 19.4. The molecule has 0 unspecified atom stereocenters. The van der Waals surface area contributed by atoms with Crippen LogP contribution in [0.15, 0.2) is 5.38 Å². The number of aromatic amines is 1. The molecule has 0 aliphatic heterocycles. The van der Waals surface area contributed by atoms with Gasteiger partial charge in [0.15, 0.2) is 0 Å². The van der Waals surface area contributed by atoms with E-state index in [9.17, 15) is 4.79 Å². The number of aryl methyl sites for hydroxylation is 2. The van der Waals surface area contributed by atoms with Crippen molar-refractivity contribution in [1.29, 1.82) is 0 Å². The van der Waals surface area contributed by atoms with Crippen LogP contribution in [0.25, 0.3) is 11.3 Å². The van der Waals surface area contributed by atoms with Crippen molar-refractivity contribution in [3.63, 3.8) is 0 Å². The molecule has 2 aromatic rings. The van der Waals surface area contributed by atoms with Crippen molar-refractivity contribution in [3.8, 4) is 11.3 Å². The Morgan fingerprint density at radius 3 is 2.72 bits per heavy atom. The second kappa shape index (κ2) is 4.94. The van der Waals surface area contributed by atoms with E-state index in [0.717, 1.165) is 27.5 Å². The van der Waals surface area contributed by atoms with Crippen molar-refractivity contribution in [2.24, 2.45) is 0 Å². The number of rotatable bonds is 3. The molecule has 4 nitrogen and oxygen atoms in total. The first-order chi connectivity index (χ1) is 8.54. The van der Waals surface area contributed by atoms with Crippen molar-refractivity contribution in [2.75, 3.05) is 6.61 Å². The Hall–Kier alpha value is -1.62. The first kappa shape index (κ1) is 12.8. The number of carbonyl (C=O) groups excluding carboxylic acids is 1. The van der Waals surface area contributed by atoms with Crippen molar-refractivity contribution in [2.45, 2.75) is 27.7 Å². The van der Waals surface area contributed by atoms with E-state index in [2.05, 4.69) is 9.97 Å². The lowest BCUT2D eigenvalue weighted by atomic mass is 10.1. The molecule has 2 rings (SSSR count). The lowest BCUT2D eigenvalue weighted by Crippen LogP contribution is -2.06. The van der Waals surface area contributed by atoms with Gasteiger partial charge in [0.25, 0.3) is 0 Å². The number of hydrogen-bond acceptors (Lipinski definition) is 4. The summed E-state index contributed by atoms with van der Waals surface area (Å²) in [5.74, 6) is -0.309. The fourth-order valence-electron chi connectivity index (χ4n) is 2.02. The van der Waals surface area contributed by atoms with Crippen molar-refractivity contribution >= 4 is 17.3 Å². The van der Waals surface area contributed by atoms with Crippen molar-refractivity contribution < 1.29 is 9.53 Å². The van der Waals surface area contributed by atoms with Crippen LogP contribution in [-0.4, -0.2) is 22.5 Å². The number of aromatic nitrogens is 2. The summed E-state index contributed by atoms with van der Waals surface area (Å²) in [5, 5.41) is 3.02. The van der Waals surface area contributed by atoms with Crippen LogP contribution in [0.2, 0.25) is 0 Å². The van der Waals surface area contributed by atoms with Gasteiger partial charge in [0.05, 0.1) is 17.3 Å². The van der Waals surface area contributed by atoms with E-state index in [-0.39, 0.29) is 5.97 Å². The third-order valence-corrected chi connectivity index (χ3v) is 3.57. The van der Waals surface area contributed by atoms with Crippen molar-refractivity contribution in [3.05, 3.63) is 27.3 Å². The molecule has 18 heavy (non-hydrogen) atoms. The summed E-state index contributed by atoms with van der Waals surface area (Å²) in [7, 11) is 0. The zero-order valence-electron chi connectivity index (χ0n) is 11.0. The molecule has 2 aromatic heterocycles. The average molecular weight is 264 g/mol. The zero-order valence-corrected chi connectivity index (χ0v) is 11.8. The molecule has 96 valence electrons. The van der Waals surface area contributed by atoms with Crippen LogP contribution in [0.1, 0.15) is 33.7 Å². The molecular formula is C13H16N2O2S. The Bertz CT molecular complexity index is 584. The van der Waals surface area contributed by atoms with Crippen LogP contribution in [-0.2, 0) is 4.74 Å². The topological polar surface area (TPSA) is 55.0 Å². The van der Waals surface area contributed by atoms with E-state index >= 15 is 0 Å². The molecule has 2 heterocycles. The highest BCUT2D eigenvalue weighted by molar-refractivity contribution is 7.09. The summed E-state index contributed by atoms with van der Waals surface area (Å²) < 4.78 is 5.03. The number of ether oxygens (including phenoxy) is 1. The molecule has 0 saturated heterocycles. The molecule has 5 heteroatoms. The number of nitrogens with zero attached hydrogens (tertiary/aromatic N) is 1. The minimum atomic E-state index is -0.309. The van der Waals surface area contributed by atoms with Gasteiger partial charge in [0.2, 0.25) is 0 Å². The highest BCUT2D eigenvalue weighted by atomic mass is 32.1. The summed E-state index contributed by atoms with van der Waals surface area (Å²) >= 11 is 1.60. The van der Waals surface area contributed by atoms with Crippen LogP contribution in [0.5, 0.6) is 0 Å². The Morgan fingerprint density at radius 2 is 2.17 bits per heavy atom. The first-order valence-corrected chi connectivity index (χ1v) is 6.71. The van der Waals surface area contributed by atoms with Crippen LogP contribution in [0.4, 0.5) is 0 Å². The van der Waals surface area contributed by atoms with Crippen LogP contribution in [0, 0.1) is 20.8 Å². The number of esters is 1. The number of thiazole rings is 1. The molecule has 0 spiro atoms. The third-order valence-electron chi connectivity index (χ3n) is 2.79. The quantitative estimate of drug-likeness (QED) is 0.866. The van der Waals surface area contributed by atoms with Crippen molar-refractivity contribution in [1.82, 2.24) is 9.97 Å². The van der Waals surface area contributed by atoms with Crippen LogP contribution in [0.3, 0.4) is 0 Å². The van der Waals surface area contributed by atoms with Gasteiger partial charge in [0, 0.05) is 16.6 Å². The Kier molecular flexibility index (Phi) is 3.52. The smallest absolute Gasteiger partial charge is 0.355 e. The van der Waals surface area contributed by atoms with E-state index in [0.29, 0.717) is 12.3 Å². The van der Waals surface area contributed by atoms with Gasteiger partial charge in [-0.05, 0) is 33.3 Å². The maximum atomic E-state index is 11.8. The highest BCUT2D eigenvalue weighted by Crippen LogP contribution is 2.30. The van der Waals surface area contributed by atoms with E-state index in [1.807, 2.05) is 26.2 Å². The Labute approximate surface area is 110 Å². The second-order valence-corrected chi connectivity index (χ2v) is 5.16. The van der Waals surface area contributed by atoms with Gasteiger partial charge in [0.1, 0.15) is 5.69 Å². The predicted molar refractivity (Wildman–Crippen MR) is 72.1 cm³/mol. The maximum absolute atomic E-state index is 11.8. The monoisotopic (exact) mass is 264 g/mol. The van der Waals surface area contributed by atoms with Gasteiger partial charge < -0.3 is 9.72 Å².